The van der Waals surface area contributed by atoms with Crippen LogP contribution in [0.4, 0.5) is 0 Å². The molecule has 1 aromatic carbocycles. The van der Waals surface area contributed by atoms with E-state index in [1.165, 1.54) is 0 Å². The Hall–Kier alpha value is 0.01000. The maximum atomic E-state index is 6.04. The van der Waals surface area contributed by atoms with Crippen LogP contribution in [0.2, 0.25) is 10.0 Å². The summed E-state index contributed by atoms with van der Waals surface area (Å²) in [7, 11) is 1.64. The van der Waals surface area contributed by atoms with Crippen molar-refractivity contribution in [3.8, 4) is 0 Å². The Kier molecular flexibility index (Phi) is 6.47. The Labute approximate surface area is 111 Å². The largest absolute Gasteiger partial charge is 0.383 e. The second-order valence-electron chi connectivity index (χ2n) is 3.39. The number of alkyl halides is 1. The average molecular weight is 283 g/mol. The predicted molar refractivity (Wildman–Crippen MR) is 69.7 cm³/mol. The van der Waals surface area contributed by atoms with Gasteiger partial charge in [-0.3, -0.25) is 0 Å². The molecule has 0 aliphatic heterocycles. The van der Waals surface area contributed by atoms with Gasteiger partial charge in [0, 0.05) is 41.2 Å². The smallest absolute Gasteiger partial charge is 0.0627 e. The molecule has 1 atom stereocenters. The van der Waals surface area contributed by atoms with Crippen molar-refractivity contribution in [2.45, 2.75) is 12.6 Å². The van der Waals surface area contributed by atoms with Gasteiger partial charge in [0.05, 0.1) is 6.61 Å². The van der Waals surface area contributed by atoms with Gasteiger partial charge in [0.1, 0.15) is 0 Å². The van der Waals surface area contributed by atoms with Crippen LogP contribution >= 0.6 is 34.8 Å². The summed E-state index contributed by atoms with van der Waals surface area (Å²) >= 11 is 17.9. The van der Waals surface area contributed by atoms with Crippen LogP contribution in [0.3, 0.4) is 0 Å². The second kappa shape index (κ2) is 7.36. The first-order valence-electron chi connectivity index (χ1n) is 4.90. The van der Waals surface area contributed by atoms with Crippen LogP contribution in [0.25, 0.3) is 0 Å². The van der Waals surface area contributed by atoms with Gasteiger partial charge in [-0.25, -0.2) is 0 Å². The number of halogens is 3. The second-order valence-corrected chi connectivity index (χ2v) is 4.51. The van der Waals surface area contributed by atoms with Gasteiger partial charge in [-0.2, -0.15) is 0 Å². The molecule has 0 spiro atoms. The summed E-state index contributed by atoms with van der Waals surface area (Å²) in [6, 6.07) is 5.55. The van der Waals surface area contributed by atoms with Crippen molar-refractivity contribution in [2.75, 3.05) is 19.6 Å². The molecule has 5 heteroatoms. The van der Waals surface area contributed by atoms with E-state index in [1.807, 2.05) is 18.2 Å². The molecule has 0 heterocycles. The van der Waals surface area contributed by atoms with E-state index in [1.54, 1.807) is 7.11 Å². The lowest BCUT2D eigenvalue weighted by Crippen LogP contribution is -2.34. The number of methoxy groups -OCH3 is 1. The van der Waals surface area contributed by atoms with Crippen molar-refractivity contribution in [1.29, 1.82) is 0 Å². The molecule has 0 aliphatic carbocycles. The number of ether oxygens (including phenoxy) is 1. The van der Waals surface area contributed by atoms with Crippen LogP contribution in [-0.2, 0) is 11.3 Å². The zero-order valence-corrected chi connectivity index (χ0v) is 11.2. The standard InChI is InChI=1S/C11H14Cl3NO/c1-16-7-8(5-12)15-6-9-10(13)3-2-4-11(9)14/h2-4,8,15H,5-7H2,1H3. The molecule has 1 N–H and O–H groups in total. The quantitative estimate of drug-likeness (QED) is 0.808. The minimum Gasteiger partial charge on any atom is -0.383 e. The Morgan fingerprint density at radius 2 is 1.94 bits per heavy atom. The Bertz CT molecular complexity index is 313. The molecule has 1 unspecified atom stereocenters. The molecule has 2 nitrogen and oxygen atoms in total. The molecular weight excluding hydrogens is 268 g/mol. The van der Waals surface area contributed by atoms with Gasteiger partial charge in [0.25, 0.3) is 0 Å². The molecule has 0 aliphatic rings. The van der Waals surface area contributed by atoms with Crippen LogP contribution < -0.4 is 5.32 Å². The molecule has 1 aromatic rings. The zero-order chi connectivity index (χ0) is 12.0. The number of nitrogens with one attached hydrogen (secondary N) is 1. The number of hydrogen-bond acceptors (Lipinski definition) is 2. The summed E-state index contributed by atoms with van der Waals surface area (Å²) in [5.74, 6) is 0.482. The summed E-state index contributed by atoms with van der Waals surface area (Å²) in [6.07, 6.45) is 0. The highest BCUT2D eigenvalue weighted by Crippen LogP contribution is 2.23. The van der Waals surface area contributed by atoms with Gasteiger partial charge in [-0.05, 0) is 12.1 Å². The van der Waals surface area contributed by atoms with Crippen molar-refractivity contribution in [3.63, 3.8) is 0 Å². The van der Waals surface area contributed by atoms with Crippen molar-refractivity contribution in [2.24, 2.45) is 0 Å². The van der Waals surface area contributed by atoms with E-state index in [-0.39, 0.29) is 6.04 Å². The summed E-state index contributed by atoms with van der Waals surface area (Å²) in [6.45, 7) is 1.14. The minimum absolute atomic E-state index is 0.0963. The SMILES string of the molecule is COCC(CCl)NCc1c(Cl)cccc1Cl. The number of benzene rings is 1. The zero-order valence-electron chi connectivity index (χ0n) is 8.97. The van der Waals surface area contributed by atoms with E-state index < -0.39 is 0 Å². The lowest BCUT2D eigenvalue weighted by atomic mass is 10.2. The lowest BCUT2D eigenvalue weighted by Gasteiger charge is -2.16. The van der Waals surface area contributed by atoms with Crippen LogP contribution in [0.1, 0.15) is 5.56 Å². The van der Waals surface area contributed by atoms with Gasteiger partial charge >= 0.3 is 0 Å². The van der Waals surface area contributed by atoms with Gasteiger partial charge in [0.2, 0.25) is 0 Å². The molecule has 0 fully saturated rings. The number of rotatable bonds is 6. The fourth-order valence-corrected chi connectivity index (χ4v) is 2.04. The molecular formula is C11H14Cl3NO. The molecule has 1 rings (SSSR count). The third-order valence-electron chi connectivity index (χ3n) is 2.18. The molecule has 0 radical (unpaired) electrons. The molecule has 0 bridgehead atoms. The summed E-state index contributed by atoms with van der Waals surface area (Å²) in [4.78, 5) is 0. The first-order chi connectivity index (χ1) is 7.69. The van der Waals surface area contributed by atoms with Gasteiger partial charge in [-0.15, -0.1) is 11.6 Å². The van der Waals surface area contributed by atoms with Crippen molar-refractivity contribution in [3.05, 3.63) is 33.8 Å². The summed E-state index contributed by atoms with van der Waals surface area (Å²) in [5.41, 5.74) is 0.886. The predicted octanol–water partition coefficient (Wildman–Crippen LogP) is 3.34. The maximum absolute atomic E-state index is 6.04. The van der Waals surface area contributed by atoms with E-state index >= 15 is 0 Å². The number of hydrogen-bond donors (Lipinski definition) is 1. The van der Waals surface area contributed by atoms with Crippen LogP contribution in [0.15, 0.2) is 18.2 Å². The van der Waals surface area contributed by atoms with Crippen molar-refractivity contribution in [1.82, 2.24) is 5.32 Å². The normalized spacial score (nSPS) is 12.8. The molecule has 0 saturated carbocycles. The third-order valence-corrected chi connectivity index (χ3v) is 3.26. The first-order valence-corrected chi connectivity index (χ1v) is 6.19. The van der Waals surface area contributed by atoms with Crippen LogP contribution in [0.5, 0.6) is 0 Å². The third kappa shape index (κ3) is 4.11. The van der Waals surface area contributed by atoms with Crippen LogP contribution in [-0.4, -0.2) is 25.6 Å². The fraction of sp³-hybridized carbons (Fsp3) is 0.455. The van der Waals surface area contributed by atoms with E-state index in [4.69, 9.17) is 39.5 Å². The van der Waals surface area contributed by atoms with E-state index in [2.05, 4.69) is 5.32 Å². The molecule has 0 aromatic heterocycles. The molecule has 0 amide bonds. The first kappa shape index (κ1) is 14.1. The van der Waals surface area contributed by atoms with Crippen LogP contribution in [0, 0.1) is 0 Å². The molecule has 90 valence electrons. The Balaban J connectivity index is 2.59. The Morgan fingerprint density at radius 3 is 2.44 bits per heavy atom. The maximum Gasteiger partial charge on any atom is 0.0627 e. The van der Waals surface area contributed by atoms with Crippen molar-refractivity contribution >= 4 is 34.8 Å². The van der Waals surface area contributed by atoms with E-state index in [9.17, 15) is 0 Å². The summed E-state index contributed by atoms with van der Waals surface area (Å²) < 4.78 is 5.03. The van der Waals surface area contributed by atoms with E-state index in [0.717, 1.165) is 5.56 Å². The Morgan fingerprint density at radius 1 is 1.31 bits per heavy atom. The summed E-state index contributed by atoms with van der Waals surface area (Å²) in [5, 5.41) is 4.56. The fourth-order valence-electron chi connectivity index (χ4n) is 1.31. The van der Waals surface area contributed by atoms with E-state index in [0.29, 0.717) is 29.1 Å². The molecule has 16 heavy (non-hydrogen) atoms. The minimum atomic E-state index is 0.0963. The topological polar surface area (TPSA) is 21.3 Å². The van der Waals surface area contributed by atoms with Gasteiger partial charge < -0.3 is 10.1 Å². The highest BCUT2D eigenvalue weighted by atomic mass is 35.5. The van der Waals surface area contributed by atoms with Crippen molar-refractivity contribution < 1.29 is 4.74 Å². The van der Waals surface area contributed by atoms with Gasteiger partial charge in [-0.1, -0.05) is 29.3 Å². The monoisotopic (exact) mass is 281 g/mol. The van der Waals surface area contributed by atoms with Gasteiger partial charge in [0.15, 0.2) is 0 Å². The average Bonchev–Trinajstić information content (AvgIpc) is 2.27. The molecule has 0 saturated heterocycles. The highest BCUT2D eigenvalue weighted by molar-refractivity contribution is 6.35. The lowest BCUT2D eigenvalue weighted by molar-refractivity contribution is 0.173. The highest BCUT2D eigenvalue weighted by Gasteiger charge is 2.09.